The van der Waals surface area contributed by atoms with Gasteiger partial charge in [0.2, 0.25) is 0 Å². The highest BCUT2D eigenvalue weighted by Crippen LogP contribution is 2.28. The minimum atomic E-state index is -0.111. The van der Waals surface area contributed by atoms with Crippen LogP contribution in [0.3, 0.4) is 0 Å². The molecular weight excluding hydrogens is 308 g/mol. The third-order valence-electron chi connectivity index (χ3n) is 4.96. The molecular formula is C18H28N2O2S. The summed E-state index contributed by atoms with van der Waals surface area (Å²) in [7, 11) is 0. The lowest BCUT2D eigenvalue weighted by atomic mass is 10.1. The molecule has 1 aliphatic carbocycles. The summed E-state index contributed by atoms with van der Waals surface area (Å²) in [4.78, 5) is 17.0. The van der Waals surface area contributed by atoms with Crippen molar-refractivity contribution in [1.82, 2.24) is 10.2 Å². The molecule has 23 heavy (non-hydrogen) atoms. The predicted molar refractivity (Wildman–Crippen MR) is 94.2 cm³/mol. The monoisotopic (exact) mass is 336 g/mol. The van der Waals surface area contributed by atoms with Gasteiger partial charge in [-0.3, -0.25) is 4.79 Å². The quantitative estimate of drug-likeness (QED) is 0.642. The van der Waals surface area contributed by atoms with E-state index in [1.807, 2.05) is 0 Å². The molecule has 5 heteroatoms. The lowest BCUT2D eigenvalue weighted by Crippen LogP contribution is -2.37. The second kappa shape index (κ2) is 8.27. The number of hydrogen-bond acceptors (Lipinski definition) is 4. The van der Waals surface area contributed by atoms with Gasteiger partial charge in [0.25, 0.3) is 5.91 Å². The summed E-state index contributed by atoms with van der Waals surface area (Å²) in [5, 5.41) is 12.6. The van der Waals surface area contributed by atoms with Crippen LogP contribution in [-0.2, 0) is 12.8 Å². The molecule has 1 aliphatic heterocycles. The van der Waals surface area contributed by atoms with Crippen molar-refractivity contribution >= 4 is 17.2 Å². The number of likely N-dealkylation sites (tertiary alicyclic amines) is 1. The lowest BCUT2D eigenvalue weighted by molar-refractivity contribution is 0.0816. The molecule has 2 aliphatic rings. The molecule has 3 rings (SSSR count). The molecule has 2 heterocycles. The molecule has 0 atom stereocenters. The third-order valence-corrected chi connectivity index (χ3v) is 6.20. The fraction of sp³-hybridized carbons (Fsp3) is 0.722. The highest BCUT2D eigenvalue weighted by atomic mass is 32.1. The van der Waals surface area contributed by atoms with Crippen molar-refractivity contribution in [3.8, 4) is 0 Å². The number of piperidine rings is 1. The molecule has 0 aromatic carbocycles. The molecule has 2 N–H and O–H groups in total. The van der Waals surface area contributed by atoms with Crippen LogP contribution in [0.4, 0.5) is 0 Å². The highest BCUT2D eigenvalue weighted by molar-refractivity contribution is 7.14. The van der Waals surface area contributed by atoms with Crippen LogP contribution in [0.2, 0.25) is 0 Å². The first-order valence-corrected chi connectivity index (χ1v) is 9.84. The van der Waals surface area contributed by atoms with Crippen LogP contribution in [0.1, 0.15) is 58.6 Å². The second-order valence-electron chi connectivity index (χ2n) is 6.80. The Morgan fingerprint density at radius 1 is 1.26 bits per heavy atom. The summed E-state index contributed by atoms with van der Waals surface area (Å²) in [6.45, 7) is 3.70. The Morgan fingerprint density at radius 2 is 2.04 bits per heavy atom. The van der Waals surface area contributed by atoms with Crippen molar-refractivity contribution < 1.29 is 9.90 Å². The molecule has 1 amide bonds. The first-order valence-electron chi connectivity index (χ1n) is 9.02. The van der Waals surface area contributed by atoms with Gasteiger partial charge in [0.15, 0.2) is 0 Å². The largest absolute Gasteiger partial charge is 0.393 e. The number of aliphatic hydroxyl groups is 1. The zero-order chi connectivity index (χ0) is 16.1. The van der Waals surface area contributed by atoms with Crippen LogP contribution in [0.25, 0.3) is 0 Å². The van der Waals surface area contributed by atoms with E-state index in [4.69, 9.17) is 0 Å². The van der Waals surface area contributed by atoms with Crippen molar-refractivity contribution in [2.45, 2.75) is 57.5 Å². The fourth-order valence-corrected chi connectivity index (χ4v) is 4.68. The first-order chi connectivity index (χ1) is 11.2. The van der Waals surface area contributed by atoms with Gasteiger partial charge in [-0.15, -0.1) is 11.3 Å². The maximum absolute atomic E-state index is 12.3. The first kappa shape index (κ1) is 16.9. The van der Waals surface area contributed by atoms with Gasteiger partial charge >= 0.3 is 0 Å². The van der Waals surface area contributed by atoms with Crippen molar-refractivity contribution in [3.63, 3.8) is 0 Å². The van der Waals surface area contributed by atoms with E-state index in [0.29, 0.717) is 0 Å². The van der Waals surface area contributed by atoms with Gasteiger partial charge < -0.3 is 15.3 Å². The molecule has 0 spiro atoms. The summed E-state index contributed by atoms with van der Waals surface area (Å²) >= 11 is 1.69. The van der Waals surface area contributed by atoms with E-state index in [1.165, 1.54) is 29.7 Å². The molecule has 4 nitrogen and oxygen atoms in total. The van der Waals surface area contributed by atoms with Crippen LogP contribution in [0.15, 0.2) is 6.07 Å². The average Bonchev–Trinajstić information content (AvgIpc) is 2.84. The van der Waals surface area contributed by atoms with E-state index in [1.54, 1.807) is 11.3 Å². The Hall–Kier alpha value is -0.910. The fourth-order valence-electron chi connectivity index (χ4n) is 3.51. The van der Waals surface area contributed by atoms with Gasteiger partial charge in [-0.05, 0) is 63.1 Å². The maximum atomic E-state index is 12.3. The van der Waals surface area contributed by atoms with E-state index in [9.17, 15) is 9.90 Å². The summed E-state index contributed by atoms with van der Waals surface area (Å²) in [5.41, 5.74) is 1.41. The van der Waals surface area contributed by atoms with Gasteiger partial charge in [0.1, 0.15) is 0 Å². The summed E-state index contributed by atoms with van der Waals surface area (Å²) in [6, 6.07) is 2.12. The van der Waals surface area contributed by atoms with Gasteiger partial charge in [-0.1, -0.05) is 6.42 Å². The number of carbonyl (C=O) groups is 1. The van der Waals surface area contributed by atoms with E-state index < -0.39 is 0 Å². The normalized spacial score (nSPS) is 20.0. The summed E-state index contributed by atoms with van der Waals surface area (Å²) in [5.74, 6) is 0.0946. The highest BCUT2D eigenvalue weighted by Gasteiger charge is 2.17. The van der Waals surface area contributed by atoms with E-state index >= 15 is 0 Å². The number of carbonyl (C=O) groups excluding carboxylic acids is 1. The number of nitrogens with zero attached hydrogens (tertiary/aromatic N) is 1. The second-order valence-corrected chi connectivity index (χ2v) is 7.94. The number of aliphatic hydroxyl groups excluding tert-OH is 1. The Balaban J connectivity index is 1.39. The standard InChI is InChI=1S/C18H28N2O2S/c21-15-7-11-20(12-8-15)10-4-9-19-18(22)17-13-14-5-2-1-3-6-16(14)23-17/h13,15,21H,1-12H2,(H,19,22). The van der Waals surface area contributed by atoms with Crippen LogP contribution in [-0.4, -0.2) is 48.2 Å². The minimum Gasteiger partial charge on any atom is -0.393 e. The molecule has 128 valence electrons. The number of fused-ring (bicyclic) bond motifs is 1. The number of amides is 1. The Kier molecular flexibility index (Phi) is 6.08. The van der Waals surface area contributed by atoms with Gasteiger partial charge in [0.05, 0.1) is 11.0 Å². The number of aryl methyl sites for hydroxylation is 2. The Morgan fingerprint density at radius 3 is 2.87 bits per heavy atom. The molecule has 1 fully saturated rings. The predicted octanol–water partition coefficient (Wildman–Crippen LogP) is 2.59. The smallest absolute Gasteiger partial charge is 0.261 e. The van der Waals surface area contributed by atoms with Crippen molar-refractivity contribution in [2.24, 2.45) is 0 Å². The lowest BCUT2D eigenvalue weighted by Gasteiger charge is -2.29. The van der Waals surface area contributed by atoms with Crippen LogP contribution in [0.5, 0.6) is 0 Å². The SMILES string of the molecule is O=C(NCCCN1CCC(O)CC1)c1cc2c(s1)CCCCC2. The number of rotatable bonds is 5. The molecule has 0 unspecified atom stereocenters. The Labute approximate surface area is 142 Å². The molecule has 0 saturated carbocycles. The topological polar surface area (TPSA) is 52.6 Å². The minimum absolute atomic E-state index is 0.0946. The number of nitrogens with one attached hydrogen (secondary N) is 1. The van der Waals surface area contributed by atoms with Crippen LogP contribution >= 0.6 is 11.3 Å². The van der Waals surface area contributed by atoms with E-state index in [0.717, 1.165) is 63.2 Å². The van der Waals surface area contributed by atoms with Gasteiger partial charge in [-0.25, -0.2) is 0 Å². The molecule has 1 aromatic rings. The van der Waals surface area contributed by atoms with E-state index in [-0.39, 0.29) is 12.0 Å². The van der Waals surface area contributed by atoms with Gasteiger partial charge in [0, 0.05) is 24.5 Å². The maximum Gasteiger partial charge on any atom is 0.261 e. The van der Waals surface area contributed by atoms with Crippen molar-refractivity contribution in [2.75, 3.05) is 26.2 Å². The zero-order valence-electron chi connectivity index (χ0n) is 13.9. The van der Waals surface area contributed by atoms with Crippen molar-refractivity contribution in [1.29, 1.82) is 0 Å². The number of thiophene rings is 1. The van der Waals surface area contributed by atoms with Crippen LogP contribution < -0.4 is 5.32 Å². The average molecular weight is 337 g/mol. The number of hydrogen-bond donors (Lipinski definition) is 2. The van der Waals surface area contributed by atoms with E-state index in [2.05, 4.69) is 16.3 Å². The van der Waals surface area contributed by atoms with Crippen LogP contribution in [0, 0.1) is 0 Å². The molecule has 0 radical (unpaired) electrons. The summed E-state index contributed by atoms with van der Waals surface area (Å²) < 4.78 is 0. The van der Waals surface area contributed by atoms with Gasteiger partial charge in [-0.2, -0.15) is 0 Å². The summed E-state index contributed by atoms with van der Waals surface area (Å²) in [6.07, 6.45) is 8.76. The molecule has 1 saturated heterocycles. The Bertz CT molecular complexity index is 498. The molecule has 1 aromatic heterocycles. The zero-order valence-corrected chi connectivity index (χ0v) is 14.7. The molecule has 0 bridgehead atoms. The third kappa shape index (κ3) is 4.78. The van der Waals surface area contributed by atoms with Crippen molar-refractivity contribution in [3.05, 3.63) is 21.4 Å².